The van der Waals surface area contributed by atoms with Gasteiger partial charge in [-0.3, -0.25) is 4.79 Å². The third-order valence-corrected chi connectivity index (χ3v) is 4.03. The Morgan fingerprint density at radius 2 is 1.86 bits per heavy atom. The summed E-state index contributed by atoms with van der Waals surface area (Å²) in [6, 6.07) is 0. The van der Waals surface area contributed by atoms with Crippen molar-refractivity contribution in [3.63, 3.8) is 0 Å². The molecular weight excluding hydrogens is 260 g/mol. The molecule has 0 rings (SSSR count). The van der Waals surface area contributed by atoms with Crippen molar-refractivity contribution in [1.29, 1.82) is 0 Å². The Kier molecular flexibility index (Phi) is 12.0. The lowest BCUT2D eigenvalue weighted by molar-refractivity contribution is -0.144. The summed E-state index contributed by atoms with van der Waals surface area (Å²) in [6.45, 7) is 8.56. The first-order valence-electron chi connectivity index (χ1n) is 8.35. The molecule has 0 saturated heterocycles. The van der Waals surface area contributed by atoms with Crippen LogP contribution in [0.15, 0.2) is 23.8 Å². The SMILES string of the molecule is C/C=C\CCC(C)CCC/C(C)=C/CCC(C)C(=O)OC. The first kappa shape index (κ1) is 19.9. The molecule has 0 fully saturated rings. The number of carbonyl (C=O) groups excluding carboxylic acids is 1. The van der Waals surface area contributed by atoms with Crippen LogP contribution in [0.25, 0.3) is 0 Å². The van der Waals surface area contributed by atoms with Crippen molar-refractivity contribution in [2.45, 2.75) is 72.6 Å². The lowest BCUT2D eigenvalue weighted by atomic mass is 9.96. The summed E-state index contributed by atoms with van der Waals surface area (Å²) < 4.78 is 4.74. The van der Waals surface area contributed by atoms with Gasteiger partial charge in [-0.15, -0.1) is 0 Å². The van der Waals surface area contributed by atoms with Crippen LogP contribution >= 0.6 is 0 Å². The largest absolute Gasteiger partial charge is 0.469 e. The molecule has 0 heterocycles. The van der Waals surface area contributed by atoms with Crippen LogP contribution in [0.2, 0.25) is 0 Å². The molecule has 0 radical (unpaired) electrons. The van der Waals surface area contributed by atoms with Gasteiger partial charge in [-0.25, -0.2) is 0 Å². The van der Waals surface area contributed by atoms with Gasteiger partial charge in [-0.05, 0) is 58.3 Å². The topological polar surface area (TPSA) is 26.3 Å². The molecule has 2 atom stereocenters. The summed E-state index contributed by atoms with van der Waals surface area (Å²) >= 11 is 0. The summed E-state index contributed by atoms with van der Waals surface area (Å²) in [5, 5.41) is 0. The van der Waals surface area contributed by atoms with Crippen molar-refractivity contribution in [3.8, 4) is 0 Å². The fourth-order valence-electron chi connectivity index (χ4n) is 2.42. The maximum atomic E-state index is 11.3. The molecule has 0 amide bonds. The Bertz CT molecular complexity index is 328. The van der Waals surface area contributed by atoms with Crippen molar-refractivity contribution < 1.29 is 9.53 Å². The van der Waals surface area contributed by atoms with Crippen molar-refractivity contribution in [2.75, 3.05) is 7.11 Å². The number of esters is 1. The molecule has 2 heteroatoms. The zero-order valence-corrected chi connectivity index (χ0v) is 14.7. The van der Waals surface area contributed by atoms with E-state index in [0.717, 1.165) is 18.8 Å². The maximum Gasteiger partial charge on any atom is 0.308 e. The standard InChI is InChI=1S/C19H34O2/c1-6-7-8-11-16(2)12-9-13-17(3)14-10-15-18(4)19(20)21-5/h6-7,14,16,18H,8-13,15H2,1-5H3/b7-6-,17-14+. The summed E-state index contributed by atoms with van der Waals surface area (Å²) in [5.41, 5.74) is 1.45. The average Bonchev–Trinajstić information content (AvgIpc) is 2.46. The Balaban J connectivity index is 3.75. The molecular formula is C19H34O2. The number of methoxy groups -OCH3 is 1. The minimum atomic E-state index is -0.101. The highest BCUT2D eigenvalue weighted by Crippen LogP contribution is 2.18. The minimum Gasteiger partial charge on any atom is -0.469 e. The molecule has 0 saturated carbocycles. The van der Waals surface area contributed by atoms with Crippen LogP contribution in [0.5, 0.6) is 0 Å². The second-order valence-electron chi connectivity index (χ2n) is 6.20. The van der Waals surface area contributed by atoms with E-state index in [2.05, 4.69) is 39.0 Å². The van der Waals surface area contributed by atoms with Crippen LogP contribution in [-0.2, 0) is 9.53 Å². The van der Waals surface area contributed by atoms with Crippen LogP contribution in [0.4, 0.5) is 0 Å². The van der Waals surface area contributed by atoms with Gasteiger partial charge in [0, 0.05) is 0 Å². The first-order chi connectivity index (χ1) is 10.0. The van der Waals surface area contributed by atoms with E-state index in [4.69, 9.17) is 4.74 Å². The Morgan fingerprint density at radius 3 is 2.48 bits per heavy atom. The molecule has 2 unspecified atom stereocenters. The summed E-state index contributed by atoms with van der Waals surface area (Å²) in [4.78, 5) is 11.3. The number of carbonyl (C=O) groups is 1. The van der Waals surface area contributed by atoms with Crippen LogP contribution in [0, 0.1) is 11.8 Å². The number of rotatable bonds is 11. The van der Waals surface area contributed by atoms with Gasteiger partial charge in [0.05, 0.1) is 13.0 Å². The molecule has 0 aliphatic heterocycles. The van der Waals surface area contributed by atoms with Gasteiger partial charge in [0.25, 0.3) is 0 Å². The number of hydrogen-bond donors (Lipinski definition) is 0. The van der Waals surface area contributed by atoms with Crippen molar-refractivity contribution in [1.82, 2.24) is 0 Å². The zero-order valence-electron chi connectivity index (χ0n) is 14.7. The molecule has 0 spiro atoms. The lowest BCUT2D eigenvalue weighted by Crippen LogP contribution is -2.12. The van der Waals surface area contributed by atoms with Crippen LogP contribution in [-0.4, -0.2) is 13.1 Å². The van der Waals surface area contributed by atoms with Crippen molar-refractivity contribution in [2.24, 2.45) is 11.8 Å². The molecule has 0 bridgehead atoms. The van der Waals surface area contributed by atoms with Crippen molar-refractivity contribution in [3.05, 3.63) is 23.8 Å². The molecule has 0 aromatic heterocycles. The zero-order chi connectivity index (χ0) is 16.1. The van der Waals surface area contributed by atoms with Gasteiger partial charge >= 0.3 is 5.97 Å². The molecule has 122 valence electrons. The molecule has 0 aromatic rings. The number of allylic oxidation sites excluding steroid dienone is 4. The van der Waals surface area contributed by atoms with Gasteiger partial charge in [-0.2, -0.15) is 0 Å². The molecule has 2 nitrogen and oxygen atoms in total. The van der Waals surface area contributed by atoms with Gasteiger partial charge in [0.2, 0.25) is 0 Å². The second-order valence-corrected chi connectivity index (χ2v) is 6.20. The van der Waals surface area contributed by atoms with Crippen LogP contribution in [0.3, 0.4) is 0 Å². The van der Waals surface area contributed by atoms with Crippen molar-refractivity contribution >= 4 is 5.97 Å². The third kappa shape index (κ3) is 11.3. The fourth-order valence-corrected chi connectivity index (χ4v) is 2.42. The van der Waals surface area contributed by atoms with E-state index in [9.17, 15) is 4.79 Å². The second kappa shape index (κ2) is 12.7. The highest BCUT2D eigenvalue weighted by Gasteiger charge is 2.11. The van der Waals surface area contributed by atoms with E-state index in [0.29, 0.717) is 0 Å². The smallest absolute Gasteiger partial charge is 0.308 e. The third-order valence-electron chi connectivity index (χ3n) is 4.03. The van der Waals surface area contributed by atoms with E-state index in [1.807, 2.05) is 6.92 Å². The Hall–Kier alpha value is -1.05. The Labute approximate surface area is 131 Å². The van der Waals surface area contributed by atoms with Gasteiger partial charge in [0.1, 0.15) is 0 Å². The monoisotopic (exact) mass is 294 g/mol. The normalized spacial score (nSPS) is 15.2. The van der Waals surface area contributed by atoms with E-state index in [1.165, 1.54) is 44.8 Å². The molecule has 0 aromatic carbocycles. The van der Waals surface area contributed by atoms with E-state index in [1.54, 1.807) is 0 Å². The van der Waals surface area contributed by atoms with E-state index in [-0.39, 0.29) is 11.9 Å². The van der Waals surface area contributed by atoms with Gasteiger partial charge in [-0.1, -0.05) is 44.1 Å². The summed E-state index contributed by atoms with van der Waals surface area (Å²) in [7, 11) is 1.46. The van der Waals surface area contributed by atoms with Gasteiger partial charge in [0.15, 0.2) is 0 Å². The number of ether oxygens (including phenoxy) is 1. The summed E-state index contributed by atoms with van der Waals surface area (Å²) in [6.07, 6.45) is 14.8. The molecule has 0 N–H and O–H groups in total. The minimum absolute atomic E-state index is 0.00527. The molecule has 21 heavy (non-hydrogen) atoms. The maximum absolute atomic E-state index is 11.3. The van der Waals surface area contributed by atoms with Gasteiger partial charge < -0.3 is 4.74 Å². The number of hydrogen-bond acceptors (Lipinski definition) is 2. The Morgan fingerprint density at radius 1 is 1.14 bits per heavy atom. The fraction of sp³-hybridized carbons (Fsp3) is 0.737. The first-order valence-corrected chi connectivity index (χ1v) is 8.35. The quantitative estimate of drug-likeness (QED) is 0.362. The van der Waals surface area contributed by atoms with Crippen LogP contribution in [0.1, 0.15) is 72.6 Å². The molecule has 0 aliphatic carbocycles. The highest BCUT2D eigenvalue weighted by atomic mass is 16.5. The predicted molar refractivity (Wildman–Crippen MR) is 91.2 cm³/mol. The van der Waals surface area contributed by atoms with E-state index >= 15 is 0 Å². The average molecular weight is 294 g/mol. The predicted octanol–water partition coefficient (Wildman–Crippen LogP) is 5.68. The summed E-state index contributed by atoms with van der Waals surface area (Å²) in [5.74, 6) is 0.718. The molecule has 0 aliphatic rings. The highest BCUT2D eigenvalue weighted by molar-refractivity contribution is 5.71. The van der Waals surface area contributed by atoms with Crippen LogP contribution < -0.4 is 0 Å². The lowest BCUT2D eigenvalue weighted by Gasteiger charge is -2.10. The van der Waals surface area contributed by atoms with E-state index < -0.39 is 0 Å².